The van der Waals surface area contributed by atoms with Crippen LogP contribution in [0.4, 0.5) is 0 Å². The zero-order valence-electron chi connectivity index (χ0n) is 9.33. The molecule has 0 bridgehead atoms. The molecule has 0 fully saturated rings. The van der Waals surface area contributed by atoms with Gasteiger partial charge in [-0.1, -0.05) is 13.5 Å². The predicted octanol–water partition coefficient (Wildman–Crippen LogP) is 2.12. The van der Waals surface area contributed by atoms with Gasteiger partial charge in [-0.2, -0.15) is 0 Å². The Morgan fingerprint density at radius 1 is 1.67 bits per heavy atom. The number of carbonyl (C=O) groups is 1. The van der Waals surface area contributed by atoms with E-state index in [4.69, 9.17) is 14.2 Å². The molecule has 1 heterocycles. The van der Waals surface area contributed by atoms with E-state index in [2.05, 4.69) is 6.58 Å². The smallest absolute Gasteiger partial charge is 0.333 e. The summed E-state index contributed by atoms with van der Waals surface area (Å²) in [6.45, 7) is 8.95. The third-order valence-corrected chi connectivity index (χ3v) is 2.12. The Morgan fingerprint density at radius 2 is 2.33 bits per heavy atom. The number of ether oxygens (including phenoxy) is 3. The summed E-state index contributed by atoms with van der Waals surface area (Å²) < 4.78 is 15.7. The van der Waals surface area contributed by atoms with Gasteiger partial charge in [0.2, 0.25) is 5.79 Å². The van der Waals surface area contributed by atoms with Gasteiger partial charge in [0.05, 0.1) is 0 Å². The van der Waals surface area contributed by atoms with E-state index < -0.39 is 11.8 Å². The maximum Gasteiger partial charge on any atom is 0.333 e. The molecule has 1 unspecified atom stereocenters. The van der Waals surface area contributed by atoms with Crippen molar-refractivity contribution in [3.63, 3.8) is 0 Å². The van der Waals surface area contributed by atoms with Crippen LogP contribution in [0.2, 0.25) is 0 Å². The standard InChI is InChI=1S/C11H16O4/c1-5-11(4)14-7-9(15-11)6-13-10(12)8(2)3/h7H,2,5-6H2,1,3-4H3. The third kappa shape index (κ3) is 3.01. The summed E-state index contributed by atoms with van der Waals surface area (Å²) in [7, 11) is 0. The van der Waals surface area contributed by atoms with E-state index >= 15 is 0 Å². The molecule has 0 radical (unpaired) electrons. The van der Waals surface area contributed by atoms with Crippen molar-refractivity contribution >= 4 is 5.97 Å². The topological polar surface area (TPSA) is 44.8 Å². The summed E-state index contributed by atoms with van der Waals surface area (Å²) in [6, 6.07) is 0. The molecular formula is C11H16O4. The fourth-order valence-electron chi connectivity index (χ4n) is 0.995. The van der Waals surface area contributed by atoms with E-state index in [1.807, 2.05) is 13.8 Å². The van der Waals surface area contributed by atoms with Crippen molar-refractivity contribution in [2.75, 3.05) is 6.61 Å². The highest BCUT2D eigenvalue weighted by Crippen LogP contribution is 2.27. The average molecular weight is 212 g/mol. The normalized spacial score (nSPS) is 23.8. The van der Waals surface area contributed by atoms with Gasteiger partial charge in [0, 0.05) is 18.9 Å². The summed E-state index contributed by atoms with van der Waals surface area (Å²) in [5.41, 5.74) is 0.368. The SMILES string of the molecule is C=C(C)C(=O)OCC1=COC(C)(CC)O1. The van der Waals surface area contributed by atoms with Gasteiger partial charge >= 0.3 is 5.97 Å². The molecule has 1 atom stereocenters. The molecule has 0 aromatic rings. The van der Waals surface area contributed by atoms with Crippen molar-refractivity contribution in [2.24, 2.45) is 0 Å². The first-order valence-electron chi connectivity index (χ1n) is 4.85. The molecule has 1 aliphatic rings. The molecule has 1 rings (SSSR count). The van der Waals surface area contributed by atoms with Crippen molar-refractivity contribution in [2.45, 2.75) is 33.0 Å². The Balaban J connectivity index is 2.37. The van der Waals surface area contributed by atoms with Crippen LogP contribution in [0.1, 0.15) is 27.2 Å². The van der Waals surface area contributed by atoms with Gasteiger partial charge in [-0.3, -0.25) is 0 Å². The Morgan fingerprint density at radius 3 is 2.80 bits per heavy atom. The molecule has 0 aromatic carbocycles. The molecule has 0 aliphatic carbocycles. The lowest BCUT2D eigenvalue weighted by Crippen LogP contribution is -2.25. The second kappa shape index (κ2) is 4.38. The maximum absolute atomic E-state index is 11.1. The van der Waals surface area contributed by atoms with Crippen LogP contribution in [0.5, 0.6) is 0 Å². The highest BCUT2D eigenvalue weighted by atomic mass is 16.7. The number of hydrogen-bond acceptors (Lipinski definition) is 4. The molecule has 15 heavy (non-hydrogen) atoms. The first-order valence-corrected chi connectivity index (χ1v) is 4.85. The number of esters is 1. The van der Waals surface area contributed by atoms with Crippen molar-refractivity contribution in [1.29, 1.82) is 0 Å². The average Bonchev–Trinajstić information content (AvgIpc) is 2.57. The van der Waals surface area contributed by atoms with Gasteiger partial charge in [0.25, 0.3) is 0 Å². The van der Waals surface area contributed by atoms with Crippen molar-refractivity contribution in [3.8, 4) is 0 Å². The first kappa shape index (κ1) is 11.6. The van der Waals surface area contributed by atoms with Gasteiger partial charge in [-0.25, -0.2) is 4.79 Å². The van der Waals surface area contributed by atoms with Crippen molar-refractivity contribution in [3.05, 3.63) is 24.2 Å². The molecule has 0 spiro atoms. The van der Waals surface area contributed by atoms with Crippen LogP contribution in [-0.2, 0) is 19.0 Å². The van der Waals surface area contributed by atoms with Crippen LogP contribution < -0.4 is 0 Å². The quantitative estimate of drug-likeness (QED) is 0.529. The van der Waals surface area contributed by atoms with Crippen LogP contribution >= 0.6 is 0 Å². The summed E-state index contributed by atoms with van der Waals surface area (Å²) >= 11 is 0. The molecule has 4 nitrogen and oxygen atoms in total. The van der Waals surface area contributed by atoms with Gasteiger partial charge in [-0.05, 0) is 6.92 Å². The molecule has 0 amide bonds. The molecule has 0 saturated heterocycles. The first-order chi connectivity index (χ1) is 6.97. The minimum atomic E-state index is -0.620. The highest BCUT2D eigenvalue weighted by molar-refractivity contribution is 5.87. The molecule has 4 heteroatoms. The van der Waals surface area contributed by atoms with E-state index in [-0.39, 0.29) is 6.61 Å². The lowest BCUT2D eigenvalue weighted by molar-refractivity contribution is -0.148. The van der Waals surface area contributed by atoms with Crippen LogP contribution in [-0.4, -0.2) is 18.4 Å². The summed E-state index contributed by atoms with van der Waals surface area (Å²) in [5.74, 6) is -0.524. The second-order valence-electron chi connectivity index (χ2n) is 3.65. The lowest BCUT2D eigenvalue weighted by atomic mass is 10.2. The Hall–Kier alpha value is -1.45. The Labute approximate surface area is 89.5 Å². The fourth-order valence-corrected chi connectivity index (χ4v) is 0.995. The van der Waals surface area contributed by atoms with Crippen LogP contribution in [0.3, 0.4) is 0 Å². The number of rotatable bonds is 4. The van der Waals surface area contributed by atoms with E-state index in [1.165, 1.54) is 6.26 Å². The van der Waals surface area contributed by atoms with E-state index in [0.29, 0.717) is 11.3 Å². The van der Waals surface area contributed by atoms with E-state index in [9.17, 15) is 4.79 Å². The molecule has 0 aromatic heterocycles. The zero-order valence-corrected chi connectivity index (χ0v) is 9.33. The van der Waals surface area contributed by atoms with Crippen LogP contribution in [0, 0.1) is 0 Å². The minimum absolute atomic E-state index is 0.0846. The van der Waals surface area contributed by atoms with Crippen molar-refractivity contribution in [1.82, 2.24) is 0 Å². The van der Waals surface area contributed by atoms with Gasteiger partial charge < -0.3 is 14.2 Å². The zero-order chi connectivity index (χ0) is 11.5. The van der Waals surface area contributed by atoms with E-state index in [0.717, 1.165) is 6.42 Å². The monoisotopic (exact) mass is 212 g/mol. The third-order valence-electron chi connectivity index (χ3n) is 2.12. The number of carbonyl (C=O) groups excluding carboxylic acids is 1. The molecule has 0 saturated carbocycles. The summed E-state index contributed by atoms with van der Waals surface area (Å²) in [4.78, 5) is 11.1. The van der Waals surface area contributed by atoms with Crippen LogP contribution in [0.15, 0.2) is 24.2 Å². The van der Waals surface area contributed by atoms with Gasteiger partial charge in [0.15, 0.2) is 12.4 Å². The predicted molar refractivity (Wildman–Crippen MR) is 54.7 cm³/mol. The molecule has 1 aliphatic heterocycles. The Kier molecular flexibility index (Phi) is 3.39. The molecule has 84 valence electrons. The highest BCUT2D eigenvalue weighted by Gasteiger charge is 2.31. The van der Waals surface area contributed by atoms with Crippen LogP contribution in [0.25, 0.3) is 0 Å². The molecule has 0 N–H and O–H groups in total. The lowest BCUT2D eigenvalue weighted by Gasteiger charge is -2.21. The van der Waals surface area contributed by atoms with Crippen molar-refractivity contribution < 1.29 is 19.0 Å². The maximum atomic E-state index is 11.1. The fraction of sp³-hybridized carbons (Fsp3) is 0.545. The Bertz CT molecular complexity index is 306. The van der Waals surface area contributed by atoms with Gasteiger partial charge in [0.1, 0.15) is 6.26 Å². The number of hydrogen-bond donors (Lipinski definition) is 0. The minimum Gasteiger partial charge on any atom is -0.457 e. The second-order valence-corrected chi connectivity index (χ2v) is 3.65. The van der Waals surface area contributed by atoms with Gasteiger partial charge in [-0.15, -0.1) is 0 Å². The summed E-state index contributed by atoms with van der Waals surface area (Å²) in [5, 5.41) is 0. The summed E-state index contributed by atoms with van der Waals surface area (Å²) in [6.07, 6.45) is 2.20. The molecular weight excluding hydrogens is 196 g/mol. The largest absolute Gasteiger partial charge is 0.457 e. The van der Waals surface area contributed by atoms with E-state index in [1.54, 1.807) is 6.92 Å².